The van der Waals surface area contributed by atoms with Crippen molar-refractivity contribution in [1.29, 1.82) is 0 Å². The lowest BCUT2D eigenvalue weighted by molar-refractivity contribution is 0.126. The highest BCUT2D eigenvalue weighted by Crippen LogP contribution is 2.21. The van der Waals surface area contributed by atoms with E-state index in [-0.39, 0.29) is 11.9 Å². The minimum atomic E-state index is -0.156. The average Bonchev–Trinajstić information content (AvgIpc) is 2.59. The molecule has 2 aromatic rings. The summed E-state index contributed by atoms with van der Waals surface area (Å²) in [5.74, 6) is 1.71. The largest absolute Gasteiger partial charge is 0.508 e. The van der Waals surface area contributed by atoms with E-state index < -0.39 is 0 Å². The van der Waals surface area contributed by atoms with Crippen LogP contribution < -0.4 is 10.6 Å². The molecule has 1 aromatic heterocycles. The number of phenols is 1. The highest BCUT2D eigenvalue weighted by molar-refractivity contribution is 5.40. The predicted molar refractivity (Wildman–Crippen MR) is 94.2 cm³/mol. The van der Waals surface area contributed by atoms with E-state index in [2.05, 4.69) is 20.6 Å². The number of nitrogens with zero attached hydrogens (tertiary/aromatic N) is 2. The monoisotopic (exact) mass is 328 g/mol. The van der Waals surface area contributed by atoms with Gasteiger partial charge in [-0.3, -0.25) is 0 Å². The number of hydrogen-bond acceptors (Lipinski definition) is 6. The highest BCUT2D eigenvalue weighted by atomic mass is 16.3. The van der Waals surface area contributed by atoms with E-state index in [1.165, 1.54) is 0 Å². The van der Waals surface area contributed by atoms with Crippen molar-refractivity contribution in [2.24, 2.45) is 0 Å². The number of phenolic OH excluding ortho intramolecular Hbond substituents is 1. The Morgan fingerprint density at radius 2 is 1.79 bits per heavy atom. The van der Waals surface area contributed by atoms with Gasteiger partial charge in [0.15, 0.2) is 0 Å². The molecule has 0 saturated heterocycles. The van der Waals surface area contributed by atoms with Gasteiger partial charge in [-0.25, -0.2) is 4.98 Å². The molecule has 1 fully saturated rings. The van der Waals surface area contributed by atoms with E-state index in [4.69, 9.17) is 0 Å². The fourth-order valence-electron chi connectivity index (χ4n) is 2.93. The fraction of sp³-hybridized carbons (Fsp3) is 0.444. The van der Waals surface area contributed by atoms with Crippen LogP contribution in [-0.4, -0.2) is 38.9 Å². The first-order valence-electron chi connectivity index (χ1n) is 8.48. The van der Waals surface area contributed by atoms with Gasteiger partial charge in [0.2, 0.25) is 5.95 Å². The van der Waals surface area contributed by atoms with Gasteiger partial charge >= 0.3 is 0 Å². The Labute approximate surface area is 142 Å². The number of rotatable bonds is 6. The normalized spacial score (nSPS) is 20.5. The lowest BCUT2D eigenvalue weighted by Gasteiger charge is -2.26. The van der Waals surface area contributed by atoms with E-state index in [0.29, 0.717) is 12.0 Å². The average molecular weight is 328 g/mol. The zero-order chi connectivity index (χ0) is 16.8. The summed E-state index contributed by atoms with van der Waals surface area (Å²) in [5.41, 5.74) is 1.16. The van der Waals surface area contributed by atoms with E-state index in [1.807, 2.05) is 18.2 Å². The Bertz CT molecular complexity index is 640. The molecule has 128 valence electrons. The first kappa shape index (κ1) is 16.5. The van der Waals surface area contributed by atoms with Gasteiger partial charge in [-0.15, -0.1) is 0 Å². The fourth-order valence-corrected chi connectivity index (χ4v) is 2.93. The summed E-state index contributed by atoms with van der Waals surface area (Å²) in [6, 6.07) is 9.42. The summed E-state index contributed by atoms with van der Waals surface area (Å²) in [4.78, 5) is 8.77. The van der Waals surface area contributed by atoms with Gasteiger partial charge in [0.1, 0.15) is 11.6 Å². The second-order valence-electron chi connectivity index (χ2n) is 6.26. The van der Waals surface area contributed by atoms with Crippen LogP contribution in [0.3, 0.4) is 0 Å². The first-order valence-corrected chi connectivity index (χ1v) is 8.48. The van der Waals surface area contributed by atoms with Crippen LogP contribution in [0.1, 0.15) is 31.2 Å². The molecule has 0 amide bonds. The second kappa shape index (κ2) is 7.97. The highest BCUT2D eigenvalue weighted by Gasteiger charge is 2.19. The number of aliphatic hydroxyl groups is 1. The molecule has 4 N–H and O–H groups in total. The lowest BCUT2D eigenvalue weighted by Crippen LogP contribution is -2.29. The molecule has 1 aromatic carbocycles. The number of nitrogens with one attached hydrogen (secondary N) is 2. The zero-order valence-electron chi connectivity index (χ0n) is 13.7. The summed E-state index contributed by atoms with van der Waals surface area (Å²) in [7, 11) is 0. The Hall–Kier alpha value is -2.34. The summed E-state index contributed by atoms with van der Waals surface area (Å²) < 4.78 is 0. The molecule has 3 rings (SSSR count). The van der Waals surface area contributed by atoms with Crippen LogP contribution in [0.5, 0.6) is 5.75 Å². The summed E-state index contributed by atoms with van der Waals surface area (Å²) in [6.07, 6.45) is 6.01. The van der Waals surface area contributed by atoms with Crippen molar-refractivity contribution >= 4 is 11.8 Å². The molecular weight excluding hydrogens is 304 g/mol. The van der Waals surface area contributed by atoms with Crippen LogP contribution in [0.2, 0.25) is 0 Å². The molecule has 1 saturated carbocycles. The minimum Gasteiger partial charge on any atom is -0.508 e. The van der Waals surface area contributed by atoms with E-state index in [1.54, 1.807) is 18.3 Å². The molecule has 24 heavy (non-hydrogen) atoms. The maximum Gasteiger partial charge on any atom is 0.224 e. The second-order valence-corrected chi connectivity index (χ2v) is 6.26. The third kappa shape index (κ3) is 4.83. The van der Waals surface area contributed by atoms with Crippen molar-refractivity contribution in [3.8, 4) is 5.75 Å². The molecule has 0 spiro atoms. The number of anilines is 2. The quantitative estimate of drug-likeness (QED) is 0.651. The third-order valence-corrected chi connectivity index (χ3v) is 4.34. The molecule has 0 aliphatic heterocycles. The van der Waals surface area contributed by atoms with Gasteiger partial charge in [0, 0.05) is 18.8 Å². The zero-order valence-corrected chi connectivity index (χ0v) is 13.7. The molecule has 1 aliphatic carbocycles. The van der Waals surface area contributed by atoms with Crippen molar-refractivity contribution in [1.82, 2.24) is 9.97 Å². The smallest absolute Gasteiger partial charge is 0.224 e. The Morgan fingerprint density at radius 1 is 1.04 bits per heavy atom. The SMILES string of the molecule is Oc1ccc(CCNc2ccnc(NC3CCC(O)CC3)n2)cc1. The summed E-state index contributed by atoms with van der Waals surface area (Å²) in [6.45, 7) is 0.761. The van der Waals surface area contributed by atoms with Crippen LogP contribution in [0, 0.1) is 0 Å². The van der Waals surface area contributed by atoms with Gasteiger partial charge in [-0.1, -0.05) is 12.1 Å². The first-order chi connectivity index (χ1) is 11.7. The molecule has 1 aliphatic rings. The molecular formula is C18H24N4O2. The van der Waals surface area contributed by atoms with Gasteiger partial charge < -0.3 is 20.8 Å². The maximum absolute atomic E-state index is 9.56. The lowest BCUT2D eigenvalue weighted by atomic mass is 9.93. The van der Waals surface area contributed by atoms with Crippen molar-refractivity contribution < 1.29 is 10.2 Å². The van der Waals surface area contributed by atoms with Crippen molar-refractivity contribution in [2.45, 2.75) is 44.2 Å². The Balaban J connectivity index is 1.48. The Morgan fingerprint density at radius 3 is 2.54 bits per heavy atom. The maximum atomic E-state index is 9.56. The number of aromatic hydroxyl groups is 1. The van der Waals surface area contributed by atoms with Crippen molar-refractivity contribution in [3.63, 3.8) is 0 Å². The van der Waals surface area contributed by atoms with E-state index in [9.17, 15) is 10.2 Å². The van der Waals surface area contributed by atoms with Crippen LogP contribution >= 0.6 is 0 Å². The van der Waals surface area contributed by atoms with Crippen LogP contribution in [0.25, 0.3) is 0 Å². The molecule has 1 heterocycles. The van der Waals surface area contributed by atoms with Gasteiger partial charge in [0.05, 0.1) is 6.10 Å². The minimum absolute atomic E-state index is 0.156. The van der Waals surface area contributed by atoms with E-state index >= 15 is 0 Å². The summed E-state index contributed by atoms with van der Waals surface area (Å²) in [5, 5.41) is 25.5. The molecule has 6 heteroatoms. The molecule has 6 nitrogen and oxygen atoms in total. The van der Waals surface area contributed by atoms with Crippen molar-refractivity contribution in [2.75, 3.05) is 17.2 Å². The predicted octanol–water partition coefficient (Wildman–Crippen LogP) is 2.55. The number of hydrogen-bond donors (Lipinski definition) is 4. The molecule has 0 atom stereocenters. The number of aromatic nitrogens is 2. The van der Waals surface area contributed by atoms with Gasteiger partial charge in [-0.2, -0.15) is 4.98 Å². The molecule has 0 unspecified atom stereocenters. The van der Waals surface area contributed by atoms with Gasteiger partial charge in [-0.05, 0) is 55.9 Å². The van der Waals surface area contributed by atoms with E-state index in [0.717, 1.165) is 50.0 Å². The van der Waals surface area contributed by atoms with Crippen LogP contribution in [0.15, 0.2) is 36.5 Å². The van der Waals surface area contributed by atoms with Crippen LogP contribution in [0.4, 0.5) is 11.8 Å². The third-order valence-electron chi connectivity index (χ3n) is 4.34. The van der Waals surface area contributed by atoms with Crippen molar-refractivity contribution in [3.05, 3.63) is 42.1 Å². The standard InChI is InChI=1S/C18H24N4O2/c23-15-5-1-13(2-6-15)9-11-19-17-10-12-20-18(22-17)21-14-3-7-16(24)8-4-14/h1-2,5-6,10,12,14,16,23-24H,3-4,7-9,11H2,(H2,19,20,21,22). The number of aliphatic hydroxyl groups excluding tert-OH is 1. The van der Waals surface area contributed by atoms with Crippen LogP contribution in [-0.2, 0) is 6.42 Å². The Kier molecular flexibility index (Phi) is 5.48. The number of benzene rings is 1. The molecule has 0 radical (unpaired) electrons. The topological polar surface area (TPSA) is 90.3 Å². The molecule has 0 bridgehead atoms. The van der Waals surface area contributed by atoms with Gasteiger partial charge in [0.25, 0.3) is 0 Å². The summed E-state index contributed by atoms with van der Waals surface area (Å²) >= 11 is 0.